The molecule has 36 heavy (non-hydrogen) atoms. The lowest BCUT2D eigenvalue weighted by Gasteiger charge is -2.56. The number of amides is 1. The van der Waals surface area contributed by atoms with Crippen LogP contribution in [-0.4, -0.2) is 83.6 Å². The van der Waals surface area contributed by atoms with Crippen molar-refractivity contribution in [1.82, 2.24) is 10.2 Å². The molecule has 6 atom stereocenters. The molecule has 4 rings (SSSR count). The Morgan fingerprint density at radius 2 is 1.83 bits per heavy atom. The van der Waals surface area contributed by atoms with Crippen LogP contribution in [0.1, 0.15) is 24.0 Å². The number of likely N-dealkylation sites (N-methyl/N-ethyl adjacent to an activating group) is 2. The van der Waals surface area contributed by atoms with Gasteiger partial charge in [0.25, 0.3) is 5.91 Å². The highest BCUT2D eigenvalue weighted by Crippen LogP contribution is 2.56. The molecule has 0 heterocycles. The van der Waals surface area contributed by atoms with Gasteiger partial charge in [-0.05, 0) is 38.7 Å². The second-order valence-electron chi connectivity index (χ2n) is 9.29. The van der Waals surface area contributed by atoms with E-state index in [-0.39, 0.29) is 16.9 Å². The molecule has 0 saturated heterocycles. The molecule has 0 aliphatic heterocycles. The van der Waals surface area contributed by atoms with Crippen LogP contribution in [0.4, 0.5) is 2.86 Å². The SMILES string of the molecule is CN[C@]12C(=O)C3=C(O)c4c(O)cccc4[C@H](C)C3[C@@H](OC)[C@@H]1[C@H](N(C)C)C(=O)C(C(N)=O)=C2O.FI. The van der Waals surface area contributed by atoms with Crippen molar-refractivity contribution in [3.63, 3.8) is 0 Å². The molecular formula is C24H29FIN3O7. The maximum Gasteiger partial charge on any atom is 0.255 e. The number of hydrogen-bond donors (Lipinski definition) is 5. The molecule has 0 aromatic heterocycles. The zero-order valence-electron chi connectivity index (χ0n) is 20.4. The fraction of sp³-hybridized carbons (Fsp3) is 0.458. The maximum atomic E-state index is 14.2. The van der Waals surface area contributed by atoms with Crippen molar-refractivity contribution in [2.24, 2.45) is 17.6 Å². The first-order valence-corrected chi connectivity index (χ1v) is 11.9. The summed E-state index contributed by atoms with van der Waals surface area (Å²) in [5.74, 6) is -6.06. The summed E-state index contributed by atoms with van der Waals surface area (Å²) in [6.07, 6.45) is -0.847. The van der Waals surface area contributed by atoms with Gasteiger partial charge in [-0.1, -0.05) is 19.1 Å². The Bertz CT molecular complexity index is 1180. The summed E-state index contributed by atoms with van der Waals surface area (Å²) in [7, 11) is 6.11. The first-order chi connectivity index (χ1) is 17.0. The van der Waals surface area contributed by atoms with E-state index in [2.05, 4.69) is 5.32 Å². The number of methoxy groups -OCH3 is 1. The minimum Gasteiger partial charge on any atom is -0.509 e. The molecule has 1 amide bonds. The second-order valence-corrected chi connectivity index (χ2v) is 9.29. The Labute approximate surface area is 221 Å². The number of nitrogens with zero attached hydrogens (tertiary/aromatic N) is 1. The first kappa shape index (κ1) is 28.0. The molecule has 1 saturated carbocycles. The molecule has 1 aromatic rings. The molecule has 0 bridgehead atoms. The van der Waals surface area contributed by atoms with E-state index in [1.54, 1.807) is 31.1 Å². The molecular weight excluding hydrogens is 588 g/mol. The number of hydrogen-bond acceptors (Lipinski definition) is 9. The van der Waals surface area contributed by atoms with E-state index in [9.17, 15) is 32.6 Å². The van der Waals surface area contributed by atoms with Crippen LogP contribution in [0.2, 0.25) is 0 Å². The van der Waals surface area contributed by atoms with Gasteiger partial charge in [0.05, 0.1) is 17.7 Å². The predicted molar refractivity (Wildman–Crippen MR) is 137 cm³/mol. The number of phenolic OH excluding ortho intramolecular Hbond substituents is 1. The number of ketones is 2. The van der Waals surface area contributed by atoms with E-state index >= 15 is 0 Å². The molecule has 10 nitrogen and oxygen atoms in total. The summed E-state index contributed by atoms with van der Waals surface area (Å²) in [5, 5.41) is 35.9. The lowest BCUT2D eigenvalue weighted by atomic mass is 9.53. The Balaban J connectivity index is 0.00000176. The van der Waals surface area contributed by atoms with E-state index in [1.165, 1.54) is 20.2 Å². The summed E-state index contributed by atoms with van der Waals surface area (Å²) < 4.78 is 15.4. The lowest BCUT2D eigenvalue weighted by molar-refractivity contribution is -0.147. The van der Waals surface area contributed by atoms with Gasteiger partial charge < -0.3 is 31.1 Å². The number of aromatic hydroxyl groups is 1. The first-order valence-electron chi connectivity index (χ1n) is 11.1. The minimum absolute atomic E-state index is 0.0545. The highest BCUT2D eigenvalue weighted by Gasteiger charge is 2.68. The predicted octanol–water partition coefficient (Wildman–Crippen LogP) is 1.68. The number of Topliss-reactive ketones (excluding diaryl/α,β-unsaturated/α-hetero) is 2. The number of aliphatic hydroxyl groups is 2. The number of halogens is 2. The average molecular weight is 617 g/mol. The van der Waals surface area contributed by atoms with Gasteiger partial charge in [0.1, 0.15) is 28.4 Å². The van der Waals surface area contributed by atoms with Gasteiger partial charge in [-0.3, -0.25) is 19.3 Å². The number of ether oxygens (including phenoxy) is 1. The van der Waals surface area contributed by atoms with Crippen molar-refractivity contribution in [2.75, 3.05) is 28.3 Å². The van der Waals surface area contributed by atoms with Crippen molar-refractivity contribution in [3.05, 3.63) is 46.2 Å². The molecule has 3 aliphatic rings. The molecule has 6 N–H and O–H groups in total. The monoisotopic (exact) mass is 617 g/mol. The Hall–Kier alpha value is -2.55. The summed E-state index contributed by atoms with van der Waals surface area (Å²) in [5.41, 5.74) is 3.51. The molecule has 12 heteroatoms. The highest BCUT2D eigenvalue weighted by atomic mass is 127. The van der Waals surface area contributed by atoms with Crippen molar-refractivity contribution in [1.29, 1.82) is 0 Å². The van der Waals surface area contributed by atoms with E-state index in [0.717, 1.165) is 0 Å². The summed E-state index contributed by atoms with van der Waals surface area (Å²) in [4.78, 5) is 41.5. The largest absolute Gasteiger partial charge is 0.509 e. The van der Waals surface area contributed by atoms with Gasteiger partial charge in [0, 0.05) is 24.5 Å². The highest BCUT2D eigenvalue weighted by molar-refractivity contribution is 14.1. The van der Waals surface area contributed by atoms with E-state index in [1.807, 2.05) is 6.92 Å². The molecule has 0 radical (unpaired) electrons. The van der Waals surface area contributed by atoms with Gasteiger partial charge in [0.2, 0.25) is 0 Å². The molecule has 1 fully saturated rings. The van der Waals surface area contributed by atoms with Crippen LogP contribution in [0.25, 0.3) is 5.76 Å². The third-order valence-electron chi connectivity index (χ3n) is 7.67. The molecule has 1 aromatic carbocycles. The number of carbonyl (C=O) groups excluding carboxylic acids is 3. The standard InChI is InChI=1S/C24H29N3O7.FI/c1-9-10-7-6-8-11(28)13(10)18(29)14-12(9)20(34-5)16-17(27(3)4)19(30)15(23(25)33)22(32)24(16,26-2)21(14)31;1-2/h6-9,12,16-17,20,26,28-29,32H,1-5H3,(H2,25,33);/t9-,12?,16-,17-,20+,24-;/m0./s1. The smallest absolute Gasteiger partial charge is 0.255 e. The third-order valence-corrected chi connectivity index (χ3v) is 7.67. The summed E-state index contributed by atoms with van der Waals surface area (Å²) >= 11 is 0.650. The van der Waals surface area contributed by atoms with Crippen LogP contribution in [0.15, 0.2) is 35.1 Å². The maximum absolute atomic E-state index is 14.2. The third kappa shape index (κ3) is 3.56. The molecule has 196 valence electrons. The fourth-order valence-electron chi connectivity index (χ4n) is 6.26. The minimum atomic E-state index is -1.98. The van der Waals surface area contributed by atoms with E-state index in [0.29, 0.717) is 28.7 Å². The quantitative estimate of drug-likeness (QED) is 0.250. The summed E-state index contributed by atoms with van der Waals surface area (Å²) in [6, 6.07) is 3.76. The number of nitrogens with two attached hydrogens (primary N) is 1. The van der Waals surface area contributed by atoms with Gasteiger partial charge in [-0.15, -0.1) is 0 Å². The van der Waals surface area contributed by atoms with Gasteiger partial charge in [-0.2, -0.15) is 2.86 Å². The van der Waals surface area contributed by atoms with Gasteiger partial charge >= 0.3 is 0 Å². The second kappa shape index (κ2) is 10.1. The van der Waals surface area contributed by atoms with Crippen molar-refractivity contribution < 1.29 is 37.3 Å². The number of phenols is 1. The van der Waals surface area contributed by atoms with Crippen LogP contribution >= 0.6 is 23.2 Å². The average Bonchev–Trinajstić information content (AvgIpc) is 2.83. The van der Waals surface area contributed by atoms with Crippen LogP contribution in [0.3, 0.4) is 0 Å². The van der Waals surface area contributed by atoms with E-state index in [4.69, 9.17) is 10.5 Å². The Kier molecular flexibility index (Phi) is 7.84. The number of rotatable bonds is 4. The topological polar surface area (TPSA) is 162 Å². The number of primary amides is 1. The fourth-order valence-corrected chi connectivity index (χ4v) is 6.26. The Morgan fingerprint density at radius 1 is 1.22 bits per heavy atom. The Morgan fingerprint density at radius 3 is 2.33 bits per heavy atom. The van der Waals surface area contributed by atoms with Gasteiger partial charge in [-0.25, -0.2) is 0 Å². The lowest BCUT2D eigenvalue weighted by Crippen LogP contribution is -2.74. The number of benzene rings is 1. The number of carbonyl (C=O) groups is 3. The van der Waals surface area contributed by atoms with Crippen LogP contribution in [0, 0.1) is 11.8 Å². The van der Waals surface area contributed by atoms with Crippen molar-refractivity contribution >= 4 is 46.4 Å². The van der Waals surface area contributed by atoms with Crippen LogP contribution in [0.5, 0.6) is 5.75 Å². The number of nitrogens with one attached hydrogen (secondary N) is 1. The van der Waals surface area contributed by atoms with Crippen molar-refractivity contribution in [2.45, 2.75) is 30.5 Å². The number of fused-ring (bicyclic) bond motifs is 3. The summed E-state index contributed by atoms with van der Waals surface area (Å²) in [6.45, 7) is 1.85. The van der Waals surface area contributed by atoms with Gasteiger partial charge in [0.15, 0.2) is 34.7 Å². The zero-order chi connectivity index (χ0) is 27.3. The molecule has 0 spiro atoms. The molecule has 1 unspecified atom stereocenters. The van der Waals surface area contributed by atoms with Crippen LogP contribution < -0.4 is 11.1 Å². The zero-order valence-corrected chi connectivity index (χ0v) is 22.5. The van der Waals surface area contributed by atoms with Crippen LogP contribution in [-0.2, 0) is 19.1 Å². The number of aliphatic hydroxyl groups excluding tert-OH is 2. The molecule has 3 aliphatic carbocycles. The van der Waals surface area contributed by atoms with Crippen molar-refractivity contribution in [3.8, 4) is 5.75 Å². The normalized spacial score (nSPS) is 31.4. The van der Waals surface area contributed by atoms with E-state index < -0.39 is 70.0 Å².